The number of fused-ring (bicyclic) bond motifs is 1. The van der Waals surface area contributed by atoms with Crippen LogP contribution in [0.5, 0.6) is 0 Å². The number of hydrogen-bond acceptors (Lipinski definition) is 3. The molecule has 0 atom stereocenters. The van der Waals surface area contributed by atoms with Crippen molar-refractivity contribution >= 4 is 11.7 Å². The molecule has 4 nitrogen and oxygen atoms in total. The molecule has 1 aliphatic rings. The minimum Gasteiger partial charge on any atom is -0.455 e. The molecule has 4 heteroatoms. The van der Waals surface area contributed by atoms with Crippen LogP contribution in [0.15, 0.2) is 34.7 Å². The molecule has 21 heavy (non-hydrogen) atoms. The fourth-order valence-corrected chi connectivity index (χ4v) is 2.48. The maximum Gasteiger partial charge on any atom is 0.287 e. The summed E-state index contributed by atoms with van der Waals surface area (Å²) in [6, 6.07) is 9.54. The Labute approximate surface area is 123 Å². The molecule has 1 aromatic heterocycles. The SMILES string of the molecule is Cc1ccc(CNC(=O)c2cc3c(o2)CCCC3=O)cc1. The fraction of sp³-hybridized carbons (Fsp3) is 0.294. The second-order valence-electron chi connectivity index (χ2n) is 5.39. The molecule has 0 bridgehead atoms. The molecule has 0 fully saturated rings. The predicted octanol–water partition coefficient (Wildman–Crippen LogP) is 3.04. The number of amides is 1. The zero-order valence-corrected chi connectivity index (χ0v) is 11.9. The van der Waals surface area contributed by atoms with E-state index in [4.69, 9.17) is 4.42 Å². The van der Waals surface area contributed by atoms with Gasteiger partial charge in [-0.05, 0) is 18.9 Å². The number of Topliss-reactive ketones (excluding diaryl/α,β-unsaturated/α-hetero) is 1. The van der Waals surface area contributed by atoms with Crippen molar-refractivity contribution in [3.63, 3.8) is 0 Å². The van der Waals surface area contributed by atoms with Gasteiger partial charge >= 0.3 is 0 Å². The van der Waals surface area contributed by atoms with E-state index in [0.29, 0.717) is 24.3 Å². The molecule has 0 aliphatic heterocycles. The molecular formula is C17H17NO3. The highest BCUT2D eigenvalue weighted by atomic mass is 16.4. The molecule has 1 aromatic carbocycles. The number of hydrogen-bond donors (Lipinski definition) is 1. The molecule has 1 aliphatic carbocycles. The highest BCUT2D eigenvalue weighted by molar-refractivity contribution is 6.01. The number of benzene rings is 1. The largest absolute Gasteiger partial charge is 0.455 e. The van der Waals surface area contributed by atoms with Gasteiger partial charge in [0.15, 0.2) is 11.5 Å². The second kappa shape index (κ2) is 5.56. The number of carbonyl (C=O) groups excluding carboxylic acids is 2. The van der Waals surface area contributed by atoms with Gasteiger partial charge < -0.3 is 9.73 Å². The van der Waals surface area contributed by atoms with Crippen molar-refractivity contribution < 1.29 is 14.0 Å². The fourth-order valence-electron chi connectivity index (χ4n) is 2.48. The van der Waals surface area contributed by atoms with Crippen LogP contribution in [0.4, 0.5) is 0 Å². The van der Waals surface area contributed by atoms with Crippen molar-refractivity contribution in [1.82, 2.24) is 5.32 Å². The van der Waals surface area contributed by atoms with Crippen LogP contribution in [-0.2, 0) is 13.0 Å². The quantitative estimate of drug-likeness (QED) is 0.942. The van der Waals surface area contributed by atoms with E-state index in [1.807, 2.05) is 31.2 Å². The first kappa shape index (κ1) is 13.6. The predicted molar refractivity (Wildman–Crippen MR) is 78.3 cm³/mol. The Bertz CT molecular complexity index is 683. The van der Waals surface area contributed by atoms with Crippen LogP contribution in [0.1, 0.15) is 50.6 Å². The summed E-state index contributed by atoms with van der Waals surface area (Å²) in [5, 5.41) is 2.81. The number of aryl methyl sites for hydroxylation is 2. The monoisotopic (exact) mass is 283 g/mol. The van der Waals surface area contributed by atoms with Crippen LogP contribution in [0, 0.1) is 6.92 Å². The van der Waals surface area contributed by atoms with Crippen molar-refractivity contribution in [1.29, 1.82) is 0 Å². The van der Waals surface area contributed by atoms with Gasteiger partial charge in [-0.15, -0.1) is 0 Å². The maximum absolute atomic E-state index is 12.1. The smallest absolute Gasteiger partial charge is 0.287 e. The summed E-state index contributed by atoms with van der Waals surface area (Å²) in [7, 11) is 0. The lowest BCUT2D eigenvalue weighted by molar-refractivity contribution is 0.0917. The van der Waals surface area contributed by atoms with Gasteiger partial charge in [0.1, 0.15) is 5.76 Å². The van der Waals surface area contributed by atoms with Gasteiger partial charge in [-0.1, -0.05) is 29.8 Å². The molecule has 2 aromatic rings. The highest BCUT2D eigenvalue weighted by Crippen LogP contribution is 2.24. The van der Waals surface area contributed by atoms with Gasteiger partial charge in [-0.25, -0.2) is 0 Å². The van der Waals surface area contributed by atoms with Crippen molar-refractivity contribution in [2.75, 3.05) is 0 Å². The lowest BCUT2D eigenvalue weighted by atomic mass is 9.97. The van der Waals surface area contributed by atoms with E-state index in [1.165, 1.54) is 5.56 Å². The number of nitrogens with one attached hydrogen (secondary N) is 1. The van der Waals surface area contributed by atoms with Crippen LogP contribution in [0.3, 0.4) is 0 Å². The van der Waals surface area contributed by atoms with E-state index in [2.05, 4.69) is 5.32 Å². The third-order valence-corrected chi connectivity index (χ3v) is 3.71. The van der Waals surface area contributed by atoms with E-state index in [-0.39, 0.29) is 17.5 Å². The molecule has 108 valence electrons. The van der Waals surface area contributed by atoms with Gasteiger partial charge in [0.25, 0.3) is 5.91 Å². The van der Waals surface area contributed by atoms with Gasteiger partial charge in [0, 0.05) is 25.5 Å². The first-order valence-corrected chi connectivity index (χ1v) is 7.13. The van der Waals surface area contributed by atoms with Crippen molar-refractivity contribution in [2.24, 2.45) is 0 Å². The lowest BCUT2D eigenvalue weighted by Crippen LogP contribution is -2.22. The molecular weight excluding hydrogens is 266 g/mol. The summed E-state index contributed by atoms with van der Waals surface area (Å²) >= 11 is 0. The zero-order valence-electron chi connectivity index (χ0n) is 11.9. The zero-order chi connectivity index (χ0) is 14.8. The van der Waals surface area contributed by atoms with Crippen LogP contribution in [0.2, 0.25) is 0 Å². The molecule has 1 heterocycles. The van der Waals surface area contributed by atoms with E-state index in [9.17, 15) is 9.59 Å². The summed E-state index contributed by atoms with van der Waals surface area (Å²) in [4.78, 5) is 23.8. The highest BCUT2D eigenvalue weighted by Gasteiger charge is 2.24. The first-order chi connectivity index (χ1) is 10.1. The van der Waals surface area contributed by atoms with E-state index in [0.717, 1.165) is 18.4 Å². The molecule has 1 N–H and O–H groups in total. The number of furan rings is 1. The van der Waals surface area contributed by atoms with Crippen LogP contribution < -0.4 is 5.32 Å². The molecule has 0 saturated carbocycles. The first-order valence-electron chi connectivity index (χ1n) is 7.13. The minimum absolute atomic E-state index is 0.0672. The number of carbonyl (C=O) groups is 2. The second-order valence-corrected chi connectivity index (χ2v) is 5.39. The van der Waals surface area contributed by atoms with Crippen molar-refractivity contribution in [3.8, 4) is 0 Å². The summed E-state index contributed by atoms with van der Waals surface area (Å²) in [5.74, 6) is 0.657. The van der Waals surface area contributed by atoms with Gasteiger partial charge in [0.05, 0.1) is 5.56 Å². The van der Waals surface area contributed by atoms with Crippen LogP contribution in [0.25, 0.3) is 0 Å². The Morgan fingerprint density at radius 1 is 1.24 bits per heavy atom. The molecule has 0 saturated heterocycles. The van der Waals surface area contributed by atoms with Crippen molar-refractivity contribution in [3.05, 3.63) is 58.5 Å². The van der Waals surface area contributed by atoms with E-state index in [1.54, 1.807) is 6.07 Å². The van der Waals surface area contributed by atoms with Crippen molar-refractivity contribution in [2.45, 2.75) is 32.7 Å². The Morgan fingerprint density at radius 3 is 2.71 bits per heavy atom. The topological polar surface area (TPSA) is 59.3 Å². The molecule has 3 rings (SSSR count). The summed E-state index contributed by atoms with van der Waals surface area (Å²) < 4.78 is 5.51. The van der Waals surface area contributed by atoms with E-state index >= 15 is 0 Å². The summed E-state index contributed by atoms with van der Waals surface area (Å²) in [5.41, 5.74) is 2.78. The molecule has 0 spiro atoms. The third kappa shape index (κ3) is 2.89. The minimum atomic E-state index is -0.280. The van der Waals surface area contributed by atoms with Crippen LogP contribution in [-0.4, -0.2) is 11.7 Å². The van der Waals surface area contributed by atoms with E-state index < -0.39 is 0 Å². The normalized spacial score (nSPS) is 13.9. The Kier molecular flexibility index (Phi) is 3.60. The molecule has 0 unspecified atom stereocenters. The third-order valence-electron chi connectivity index (χ3n) is 3.71. The standard InChI is InChI=1S/C17H17NO3/c1-11-5-7-12(8-6-11)10-18-17(20)16-9-13-14(19)3-2-4-15(13)21-16/h5-9H,2-4,10H2,1H3,(H,18,20). The van der Waals surface area contributed by atoms with Gasteiger partial charge in [-0.2, -0.15) is 0 Å². The average Bonchev–Trinajstić information content (AvgIpc) is 2.92. The maximum atomic E-state index is 12.1. The number of ketones is 1. The lowest BCUT2D eigenvalue weighted by Gasteiger charge is -2.06. The molecule has 1 amide bonds. The van der Waals surface area contributed by atoms with Gasteiger partial charge in [0.2, 0.25) is 0 Å². The Hall–Kier alpha value is -2.36. The average molecular weight is 283 g/mol. The summed E-state index contributed by atoms with van der Waals surface area (Å²) in [6.45, 7) is 2.46. The van der Waals surface area contributed by atoms with Gasteiger partial charge in [-0.3, -0.25) is 9.59 Å². The Morgan fingerprint density at radius 2 is 2.00 bits per heavy atom. The van der Waals surface area contributed by atoms with Crippen LogP contribution >= 0.6 is 0 Å². The summed E-state index contributed by atoms with van der Waals surface area (Å²) in [6.07, 6.45) is 2.06. The Balaban J connectivity index is 1.68. The molecule has 0 radical (unpaired) electrons. The number of rotatable bonds is 3.